The molecule has 0 aromatic rings. The normalized spacial score (nSPS) is 29.4. The summed E-state index contributed by atoms with van der Waals surface area (Å²) in [6, 6.07) is 0. The third-order valence-corrected chi connectivity index (χ3v) is 7.72. The highest BCUT2D eigenvalue weighted by Crippen LogP contribution is 2.58. The molecule has 3 heteroatoms. The maximum Gasteiger partial charge on any atom is 0.0755 e. The predicted octanol–water partition coefficient (Wildman–Crippen LogP) is 6.15. The fourth-order valence-electron chi connectivity index (χ4n) is 5.98. The summed E-state index contributed by atoms with van der Waals surface area (Å²) >= 11 is 0. The zero-order valence-corrected chi connectivity index (χ0v) is 20.2. The van der Waals surface area contributed by atoms with E-state index >= 15 is 0 Å². The molecule has 3 nitrogen and oxygen atoms in total. The summed E-state index contributed by atoms with van der Waals surface area (Å²) < 4.78 is 5.29. The first kappa shape index (κ1) is 25.4. The molecule has 30 heavy (non-hydrogen) atoms. The lowest BCUT2D eigenvalue weighted by Gasteiger charge is -2.42. The van der Waals surface area contributed by atoms with Crippen molar-refractivity contribution >= 4 is 0 Å². The van der Waals surface area contributed by atoms with Crippen LogP contribution in [0.2, 0.25) is 0 Å². The van der Waals surface area contributed by atoms with Crippen molar-refractivity contribution in [1.82, 2.24) is 4.90 Å². The quantitative estimate of drug-likeness (QED) is 0.365. The molecule has 172 valence electrons. The molecular formula is C27H47NO2. The van der Waals surface area contributed by atoms with Crippen molar-refractivity contribution in [2.75, 3.05) is 33.4 Å². The molecule has 0 amide bonds. The molecule has 0 saturated heterocycles. The molecule has 2 aliphatic carbocycles. The van der Waals surface area contributed by atoms with Crippen LogP contribution in [0.15, 0.2) is 36.0 Å². The molecule has 0 bridgehead atoms. The maximum absolute atomic E-state index is 9.80. The van der Waals surface area contributed by atoms with Crippen LogP contribution in [-0.2, 0) is 4.74 Å². The van der Waals surface area contributed by atoms with Gasteiger partial charge in [-0.05, 0) is 95.1 Å². The zero-order chi connectivity index (χ0) is 22.0. The Morgan fingerprint density at radius 1 is 1.33 bits per heavy atom. The van der Waals surface area contributed by atoms with Gasteiger partial charge in [-0.3, -0.25) is 0 Å². The number of rotatable bonds is 13. The van der Waals surface area contributed by atoms with Crippen molar-refractivity contribution in [3.8, 4) is 0 Å². The second kappa shape index (κ2) is 12.8. The van der Waals surface area contributed by atoms with Crippen LogP contribution in [0, 0.1) is 17.3 Å². The third kappa shape index (κ3) is 7.07. The SMILES string of the molecule is C=C[C@H](O)C/C(C)=C\C=C1/CCCC2(C)C(CCCN(CCC)CCOC)CCC12. The summed E-state index contributed by atoms with van der Waals surface area (Å²) in [4.78, 5) is 2.58. The Labute approximate surface area is 186 Å². The molecule has 3 unspecified atom stereocenters. The number of ether oxygens (including phenoxy) is 1. The molecule has 0 aliphatic heterocycles. The van der Waals surface area contributed by atoms with Crippen molar-refractivity contribution in [3.63, 3.8) is 0 Å². The molecule has 4 atom stereocenters. The highest BCUT2D eigenvalue weighted by Gasteiger charge is 2.48. The zero-order valence-electron chi connectivity index (χ0n) is 20.2. The number of fused-ring (bicyclic) bond motifs is 1. The fourth-order valence-corrected chi connectivity index (χ4v) is 5.98. The van der Waals surface area contributed by atoms with E-state index in [1.165, 1.54) is 70.0 Å². The summed E-state index contributed by atoms with van der Waals surface area (Å²) in [5, 5.41) is 9.80. The van der Waals surface area contributed by atoms with Gasteiger partial charge in [0.2, 0.25) is 0 Å². The molecule has 1 N–H and O–H groups in total. The van der Waals surface area contributed by atoms with E-state index in [0.29, 0.717) is 11.8 Å². The van der Waals surface area contributed by atoms with E-state index in [1.807, 2.05) is 0 Å². The lowest BCUT2D eigenvalue weighted by atomic mass is 9.62. The molecule has 2 aliphatic rings. The van der Waals surface area contributed by atoms with Gasteiger partial charge in [-0.25, -0.2) is 0 Å². The lowest BCUT2D eigenvalue weighted by molar-refractivity contribution is 0.117. The number of nitrogens with zero attached hydrogens (tertiary/aromatic N) is 1. The molecule has 0 aromatic heterocycles. The Balaban J connectivity index is 1.94. The highest BCUT2D eigenvalue weighted by molar-refractivity contribution is 5.24. The number of aliphatic hydroxyl groups is 1. The average molecular weight is 418 g/mol. The number of allylic oxidation sites excluding steroid dienone is 3. The third-order valence-electron chi connectivity index (χ3n) is 7.72. The largest absolute Gasteiger partial charge is 0.389 e. The van der Waals surface area contributed by atoms with Crippen molar-refractivity contribution in [2.45, 2.75) is 84.7 Å². The van der Waals surface area contributed by atoms with Crippen LogP contribution in [0.4, 0.5) is 0 Å². The average Bonchev–Trinajstić information content (AvgIpc) is 3.07. The first-order valence-electron chi connectivity index (χ1n) is 12.3. The van der Waals surface area contributed by atoms with Crippen LogP contribution >= 0.6 is 0 Å². The van der Waals surface area contributed by atoms with E-state index in [1.54, 1.807) is 18.8 Å². The van der Waals surface area contributed by atoms with Crippen LogP contribution in [0.3, 0.4) is 0 Å². The topological polar surface area (TPSA) is 32.7 Å². The first-order chi connectivity index (χ1) is 14.4. The Morgan fingerprint density at radius 3 is 2.83 bits per heavy atom. The fraction of sp³-hybridized carbons (Fsp3) is 0.778. The maximum atomic E-state index is 9.80. The van der Waals surface area contributed by atoms with E-state index in [-0.39, 0.29) is 0 Å². The summed E-state index contributed by atoms with van der Waals surface area (Å²) in [5.74, 6) is 1.62. The van der Waals surface area contributed by atoms with Gasteiger partial charge in [0.05, 0.1) is 12.7 Å². The Morgan fingerprint density at radius 2 is 2.13 bits per heavy atom. The number of hydrogen-bond donors (Lipinski definition) is 1. The minimum absolute atomic E-state index is 0.428. The summed E-state index contributed by atoms with van der Waals surface area (Å²) in [6.45, 7) is 15.0. The van der Waals surface area contributed by atoms with Crippen LogP contribution < -0.4 is 0 Å². The van der Waals surface area contributed by atoms with Gasteiger partial charge < -0.3 is 14.7 Å². The van der Waals surface area contributed by atoms with Crippen LogP contribution in [0.5, 0.6) is 0 Å². The van der Waals surface area contributed by atoms with Gasteiger partial charge in [0.1, 0.15) is 0 Å². The molecule has 2 rings (SSSR count). The summed E-state index contributed by atoms with van der Waals surface area (Å²) in [6.07, 6.45) is 17.1. The minimum atomic E-state index is -0.428. The van der Waals surface area contributed by atoms with E-state index in [9.17, 15) is 5.11 Å². The molecule has 0 spiro atoms. The minimum Gasteiger partial charge on any atom is -0.389 e. The lowest BCUT2D eigenvalue weighted by Crippen LogP contribution is -2.34. The van der Waals surface area contributed by atoms with E-state index < -0.39 is 6.10 Å². The van der Waals surface area contributed by atoms with Crippen molar-refractivity contribution in [1.29, 1.82) is 0 Å². The number of methoxy groups -OCH3 is 1. The Hall–Kier alpha value is -0.900. The highest BCUT2D eigenvalue weighted by atomic mass is 16.5. The van der Waals surface area contributed by atoms with Crippen molar-refractivity contribution in [3.05, 3.63) is 36.0 Å². The summed E-state index contributed by atoms with van der Waals surface area (Å²) in [7, 11) is 1.80. The molecule has 2 fully saturated rings. The van der Waals surface area contributed by atoms with Crippen molar-refractivity contribution < 1.29 is 9.84 Å². The molecule has 0 heterocycles. The monoisotopic (exact) mass is 417 g/mol. The number of hydrogen-bond acceptors (Lipinski definition) is 3. The van der Waals surface area contributed by atoms with Crippen LogP contribution in [0.25, 0.3) is 0 Å². The van der Waals surface area contributed by atoms with Crippen LogP contribution in [0.1, 0.15) is 78.6 Å². The Bertz CT molecular complexity index is 581. The van der Waals surface area contributed by atoms with Gasteiger partial charge in [-0.15, -0.1) is 6.58 Å². The second-order valence-corrected chi connectivity index (χ2v) is 9.92. The van der Waals surface area contributed by atoms with Gasteiger partial charge in [-0.2, -0.15) is 0 Å². The first-order valence-corrected chi connectivity index (χ1v) is 12.3. The van der Waals surface area contributed by atoms with Gasteiger partial charge in [0.25, 0.3) is 0 Å². The van der Waals surface area contributed by atoms with E-state index in [0.717, 1.165) is 25.0 Å². The van der Waals surface area contributed by atoms with E-state index in [4.69, 9.17) is 4.74 Å². The number of aliphatic hydroxyl groups excluding tert-OH is 1. The van der Waals surface area contributed by atoms with E-state index in [2.05, 4.69) is 44.4 Å². The van der Waals surface area contributed by atoms with Gasteiger partial charge in [-0.1, -0.05) is 43.2 Å². The molecule has 0 aromatic carbocycles. The van der Waals surface area contributed by atoms with Gasteiger partial charge in [0.15, 0.2) is 0 Å². The smallest absolute Gasteiger partial charge is 0.0755 e. The predicted molar refractivity (Wildman–Crippen MR) is 129 cm³/mol. The molecule has 0 radical (unpaired) electrons. The summed E-state index contributed by atoms with van der Waals surface area (Å²) in [5.41, 5.74) is 3.38. The molecular weight excluding hydrogens is 370 g/mol. The standard InChI is InChI=1S/C27H47NO2/c1-6-17-28(19-20-30-5)18-9-11-24-14-15-26-23(10-8-16-27(24,26)4)13-12-22(3)21-25(29)7-2/h7,12-13,24-26,29H,2,6,8-11,14-21H2,1,3-5H3/b22-12-,23-13+/t24?,25-,26?,27?/m0/s1. The second-order valence-electron chi connectivity index (χ2n) is 9.92. The van der Waals surface area contributed by atoms with Gasteiger partial charge in [0, 0.05) is 13.7 Å². The Kier molecular flexibility index (Phi) is 10.8. The van der Waals surface area contributed by atoms with Crippen molar-refractivity contribution in [2.24, 2.45) is 17.3 Å². The van der Waals surface area contributed by atoms with Crippen LogP contribution in [-0.4, -0.2) is 49.5 Å². The molecule has 2 saturated carbocycles. The van der Waals surface area contributed by atoms with Gasteiger partial charge >= 0.3 is 0 Å².